The van der Waals surface area contributed by atoms with Crippen LogP contribution in [0.15, 0.2) is 33.5 Å². The molecule has 1 heterocycles. The second-order valence-electron chi connectivity index (χ2n) is 4.28. The van der Waals surface area contributed by atoms with Crippen molar-refractivity contribution in [3.05, 3.63) is 40.2 Å². The lowest BCUT2D eigenvalue weighted by Gasteiger charge is -2.18. The zero-order chi connectivity index (χ0) is 14.9. The molecule has 6 heteroatoms. The number of carboxylic acids is 1. The summed E-state index contributed by atoms with van der Waals surface area (Å²) in [6.45, 7) is 3.64. The van der Waals surface area contributed by atoms with Crippen LogP contribution in [0.25, 0.3) is 11.0 Å². The second kappa shape index (κ2) is 5.16. The SMILES string of the molecule is CCN(C(=O)C(=O)O)c1ccc2c(C)cc(=O)oc2c1. The molecule has 0 saturated carbocycles. The smallest absolute Gasteiger partial charge is 0.394 e. The number of nitrogens with zero attached hydrogens (tertiary/aromatic N) is 1. The first-order valence-corrected chi connectivity index (χ1v) is 6.03. The van der Waals surface area contributed by atoms with Crippen molar-refractivity contribution >= 4 is 28.5 Å². The van der Waals surface area contributed by atoms with Crippen molar-refractivity contribution < 1.29 is 19.1 Å². The van der Waals surface area contributed by atoms with Crippen molar-refractivity contribution in [2.45, 2.75) is 13.8 Å². The molecule has 0 aliphatic heterocycles. The maximum atomic E-state index is 11.6. The summed E-state index contributed by atoms with van der Waals surface area (Å²) >= 11 is 0. The van der Waals surface area contributed by atoms with Crippen LogP contribution in [-0.2, 0) is 9.59 Å². The monoisotopic (exact) mass is 275 g/mol. The summed E-state index contributed by atoms with van der Waals surface area (Å²) in [5, 5.41) is 9.52. The molecule has 0 bridgehead atoms. The van der Waals surface area contributed by atoms with Crippen LogP contribution in [0.4, 0.5) is 5.69 Å². The van der Waals surface area contributed by atoms with Gasteiger partial charge >= 0.3 is 17.5 Å². The van der Waals surface area contributed by atoms with Crippen LogP contribution < -0.4 is 10.5 Å². The fourth-order valence-corrected chi connectivity index (χ4v) is 2.04. The van der Waals surface area contributed by atoms with E-state index in [1.165, 1.54) is 12.1 Å². The molecule has 0 radical (unpaired) electrons. The number of amides is 1. The summed E-state index contributed by atoms with van der Waals surface area (Å²) < 4.78 is 5.08. The third kappa shape index (κ3) is 2.40. The number of fused-ring (bicyclic) bond motifs is 1. The Morgan fingerprint density at radius 1 is 1.30 bits per heavy atom. The first-order valence-electron chi connectivity index (χ1n) is 6.03. The highest BCUT2D eigenvalue weighted by Crippen LogP contribution is 2.23. The molecule has 6 nitrogen and oxygen atoms in total. The summed E-state index contributed by atoms with van der Waals surface area (Å²) in [6, 6.07) is 6.19. The number of likely N-dealkylation sites (N-methyl/N-ethyl adjacent to an activating group) is 1. The van der Waals surface area contributed by atoms with Gasteiger partial charge in [-0.25, -0.2) is 9.59 Å². The van der Waals surface area contributed by atoms with Gasteiger partial charge in [-0.05, 0) is 31.5 Å². The van der Waals surface area contributed by atoms with Gasteiger partial charge in [0.25, 0.3) is 0 Å². The number of rotatable bonds is 2. The van der Waals surface area contributed by atoms with Crippen LogP contribution in [0, 0.1) is 6.92 Å². The van der Waals surface area contributed by atoms with Gasteiger partial charge in [0.15, 0.2) is 0 Å². The molecule has 0 saturated heterocycles. The van der Waals surface area contributed by atoms with Crippen molar-refractivity contribution in [1.29, 1.82) is 0 Å². The Kier molecular flexibility index (Phi) is 3.56. The van der Waals surface area contributed by atoms with E-state index in [0.717, 1.165) is 15.8 Å². The van der Waals surface area contributed by atoms with Crippen LogP contribution >= 0.6 is 0 Å². The predicted molar refractivity (Wildman–Crippen MR) is 72.9 cm³/mol. The van der Waals surface area contributed by atoms with Gasteiger partial charge in [-0.1, -0.05) is 0 Å². The van der Waals surface area contributed by atoms with E-state index >= 15 is 0 Å². The predicted octanol–water partition coefficient (Wildman–Crippen LogP) is 1.54. The zero-order valence-corrected chi connectivity index (χ0v) is 11.0. The molecule has 0 unspecified atom stereocenters. The van der Waals surface area contributed by atoms with E-state index in [1.54, 1.807) is 26.0 Å². The molecule has 20 heavy (non-hydrogen) atoms. The third-order valence-corrected chi connectivity index (χ3v) is 2.99. The van der Waals surface area contributed by atoms with Crippen molar-refractivity contribution in [2.24, 2.45) is 0 Å². The number of carboxylic acid groups (broad SMARTS) is 1. The zero-order valence-electron chi connectivity index (χ0n) is 11.0. The Hall–Kier alpha value is -2.63. The van der Waals surface area contributed by atoms with Crippen LogP contribution in [0.2, 0.25) is 0 Å². The minimum Gasteiger partial charge on any atom is -0.474 e. The molecule has 0 aliphatic carbocycles. The molecule has 0 atom stereocenters. The number of carbonyl (C=O) groups is 2. The summed E-state index contributed by atoms with van der Waals surface area (Å²) in [6.07, 6.45) is 0. The summed E-state index contributed by atoms with van der Waals surface area (Å²) in [7, 11) is 0. The highest BCUT2D eigenvalue weighted by Gasteiger charge is 2.21. The number of anilines is 1. The van der Waals surface area contributed by atoms with E-state index in [2.05, 4.69) is 0 Å². The van der Waals surface area contributed by atoms with Crippen molar-refractivity contribution in [3.63, 3.8) is 0 Å². The Balaban J connectivity index is 2.58. The molecule has 0 fully saturated rings. The fraction of sp³-hybridized carbons (Fsp3) is 0.214. The molecule has 104 valence electrons. The number of carbonyl (C=O) groups excluding carboxylic acids is 1. The van der Waals surface area contributed by atoms with Crippen molar-refractivity contribution in [1.82, 2.24) is 0 Å². The normalized spacial score (nSPS) is 10.5. The van der Waals surface area contributed by atoms with Crippen LogP contribution in [0.5, 0.6) is 0 Å². The van der Waals surface area contributed by atoms with E-state index in [0.29, 0.717) is 11.3 Å². The van der Waals surface area contributed by atoms with E-state index in [4.69, 9.17) is 9.52 Å². The maximum Gasteiger partial charge on any atom is 0.394 e. The fourth-order valence-electron chi connectivity index (χ4n) is 2.04. The molecule has 1 amide bonds. The molecular weight excluding hydrogens is 262 g/mol. The summed E-state index contributed by atoms with van der Waals surface area (Å²) in [5.41, 5.74) is 0.973. The Morgan fingerprint density at radius 3 is 2.60 bits per heavy atom. The second-order valence-corrected chi connectivity index (χ2v) is 4.28. The largest absolute Gasteiger partial charge is 0.474 e. The lowest BCUT2D eigenvalue weighted by atomic mass is 10.1. The molecule has 0 aliphatic rings. The number of aliphatic carboxylic acids is 1. The highest BCUT2D eigenvalue weighted by molar-refractivity contribution is 6.37. The molecule has 2 aromatic rings. The first kappa shape index (κ1) is 13.8. The molecule has 0 spiro atoms. The number of hydrogen-bond acceptors (Lipinski definition) is 4. The average Bonchev–Trinajstić information content (AvgIpc) is 2.38. The Morgan fingerprint density at radius 2 is 2.00 bits per heavy atom. The van der Waals surface area contributed by atoms with Gasteiger partial charge < -0.3 is 14.4 Å². The van der Waals surface area contributed by atoms with Gasteiger partial charge in [0.05, 0.1) is 0 Å². The van der Waals surface area contributed by atoms with Crippen molar-refractivity contribution in [3.8, 4) is 0 Å². The average molecular weight is 275 g/mol. The number of aryl methyl sites for hydroxylation is 1. The van der Waals surface area contributed by atoms with Gasteiger partial charge in [-0.15, -0.1) is 0 Å². The molecular formula is C14H13NO5. The minimum atomic E-state index is -1.53. The van der Waals surface area contributed by atoms with Crippen LogP contribution in [0.3, 0.4) is 0 Å². The Labute approximate surface area is 114 Å². The van der Waals surface area contributed by atoms with Gasteiger partial charge in [-0.3, -0.25) is 4.79 Å². The van der Waals surface area contributed by atoms with E-state index < -0.39 is 17.5 Å². The Bertz CT molecular complexity index is 747. The summed E-state index contributed by atoms with van der Waals surface area (Å²) in [4.78, 5) is 34.8. The molecule has 1 aromatic carbocycles. The number of hydrogen-bond donors (Lipinski definition) is 1. The first-order chi connectivity index (χ1) is 9.43. The van der Waals surface area contributed by atoms with E-state index in [-0.39, 0.29) is 6.54 Å². The van der Waals surface area contributed by atoms with Gasteiger partial charge in [0.2, 0.25) is 0 Å². The topological polar surface area (TPSA) is 87.8 Å². The maximum absolute atomic E-state index is 11.6. The molecule has 2 rings (SSSR count). The minimum absolute atomic E-state index is 0.201. The quantitative estimate of drug-likeness (QED) is 0.663. The number of benzene rings is 1. The third-order valence-electron chi connectivity index (χ3n) is 2.99. The standard InChI is InChI=1S/C14H13NO5/c1-3-15(13(17)14(18)19)9-4-5-10-8(2)6-12(16)20-11(10)7-9/h4-7H,3H2,1-2H3,(H,18,19). The van der Waals surface area contributed by atoms with Gasteiger partial charge in [0, 0.05) is 29.8 Å². The van der Waals surface area contributed by atoms with Crippen LogP contribution in [0.1, 0.15) is 12.5 Å². The lowest BCUT2D eigenvalue weighted by molar-refractivity contribution is -0.148. The van der Waals surface area contributed by atoms with Crippen molar-refractivity contribution in [2.75, 3.05) is 11.4 Å². The van der Waals surface area contributed by atoms with Gasteiger partial charge in [-0.2, -0.15) is 0 Å². The van der Waals surface area contributed by atoms with E-state index in [9.17, 15) is 14.4 Å². The molecule has 1 N–H and O–H groups in total. The van der Waals surface area contributed by atoms with Crippen LogP contribution in [-0.4, -0.2) is 23.5 Å². The summed E-state index contributed by atoms with van der Waals surface area (Å²) in [5.74, 6) is -2.56. The van der Waals surface area contributed by atoms with E-state index in [1.807, 2.05) is 0 Å². The highest BCUT2D eigenvalue weighted by atomic mass is 16.4. The lowest BCUT2D eigenvalue weighted by Crippen LogP contribution is -2.36. The van der Waals surface area contributed by atoms with Gasteiger partial charge in [0.1, 0.15) is 5.58 Å². The molecule has 1 aromatic heterocycles.